The molecule has 0 saturated carbocycles. The van der Waals surface area contributed by atoms with E-state index < -0.39 is 0 Å². The summed E-state index contributed by atoms with van der Waals surface area (Å²) in [7, 11) is 0. The largest absolute Gasteiger partial charge is 0.375 e. The Hall–Kier alpha value is -1.10. The molecule has 0 aromatic heterocycles. The molecule has 0 aliphatic rings. The minimum Gasteiger partial charge on any atom is -0.375 e. The molecule has 4 nitrogen and oxygen atoms in total. The van der Waals surface area contributed by atoms with Crippen molar-refractivity contribution in [3.8, 4) is 0 Å². The molecule has 0 unspecified atom stereocenters. The predicted octanol–water partition coefficient (Wildman–Crippen LogP) is 0.700. The van der Waals surface area contributed by atoms with Gasteiger partial charge in [-0.15, -0.1) is 12.4 Å². The van der Waals surface area contributed by atoms with Gasteiger partial charge in [-0.2, -0.15) is 0 Å². The Morgan fingerprint density at radius 3 is 2.62 bits per heavy atom. The lowest BCUT2D eigenvalue weighted by molar-refractivity contribution is -0.119. The number of rotatable bonds is 6. The molecule has 1 rings (SSSR count). The molecule has 0 atom stereocenters. The first kappa shape index (κ1) is 14.9. The summed E-state index contributed by atoms with van der Waals surface area (Å²) >= 11 is 0. The van der Waals surface area contributed by atoms with Crippen LogP contribution in [0.3, 0.4) is 0 Å². The van der Waals surface area contributed by atoms with Crippen molar-refractivity contribution in [3.63, 3.8) is 0 Å². The van der Waals surface area contributed by atoms with Crippen LogP contribution in [0.4, 0.5) is 0 Å². The summed E-state index contributed by atoms with van der Waals surface area (Å²) in [6.07, 6.45) is 0. The van der Waals surface area contributed by atoms with Gasteiger partial charge in [0.2, 0.25) is 5.91 Å². The maximum absolute atomic E-state index is 10.8. The fourth-order valence-electron chi connectivity index (χ4n) is 1.10. The normalized spacial score (nSPS) is 9.31. The molecule has 0 heterocycles. The van der Waals surface area contributed by atoms with Crippen molar-refractivity contribution in [2.24, 2.45) is 5.73 Å². The average Bonchev–Trinajstić information content (AvgIpc) is 2.29. The van der Waals surface area contributed by atoms with Gasteiger partial charge in [-0.05, 0) is 5.56 Å². The minimum absolute atomic E-state index is 0. The molecule has 0 aliphatic heterocycles. The number of benzene rings is 1. The van der Waals surface area contributed by atoms with E-state index in [0.717, 1.165) is 5.56 Å². The number of ether oxygens (including phenoxy) is 1. The second-order valence-corrected chi connectivity index (χ2v) is 3.09. The summed E-state index contributed by atoms with van der Waals surface area (Å²) in [5.74, 6) is -0.154. The Morgan fingerprint density at radius 1 is 1.31 bits per heavy atom. The molecular weight excluding hydrogens is 228 g/mol. The van der Waals surface area contributed by atoms with Gasteiger partial charge in [-0.3, -0.25) is 4.79 Å². The molecule has 0 radical (unpaired) electrons. The zero-order valence-electron chi connectivity index (χ0n) is 9.02. The van der Waals surface area contributed by atoms with Crippen LogP contribution in [0.2, 0.25) is 0 Å². The van der Waals surface area contributed by atoms with E-state index in [1.807, 2.05) is 30.3 Å². The van der Waals surface area contributed by atoms with Gasteiger partial charge >= 0.3 is 0 Å². The second kappa shape index (κ2) is 9.15. The van der Waals surface area contributed by atoms with Crippen LogP contribution in [0.5, 0.6) is 0 Å². The Bertz CT molecular complexity index is 293. The number of hydrogen-bond donors (Lipinski definition) is 2. The molecule has 1 aromatic carbocycles. The number of halogens is 1. The van der Waals surface area contributed by atoms with E-state index in [0.29, 0.717) is 19.8 Å². The van der Waals surface area contributed by atoms with Gasteiger partial charge in [0.15, 0.2) is 0 Å². The lowest BCUT2D eigenvalue weighted by atomic mass is 10.2. The molecule has 1 amide bonds. The number of carbonyl (C=O) groups excluding carboxylic acids is 1. The molecule has 1 aromatic rings. The molecule has 5 heteroatoms. The summed E-state index contributed by atoms with van der Waals surface area (Å²) in [5, 5.41) is 2.63. The first-order chi connectivity index (χ1) is 7.33. The van der Waals surface area contributed by atoms with Crippen molar-refractivity contribution < 1.29 is 9.53 Å². The van der Waals surface area contributed by atoms with Crippen LogP contribution >= 0.6 is 12.4 Å². The van der Waals surface area contributed by atoms with Crippen LogP contribution < -0.4 is 11.1 Å². The van der Waals surface area contributed by atoms with Crippen molar-refractivity contribution in [2.75, 3.05) is 19.7 Å². The molecule has 0 bridgehead atoms. The van der Waals surface area contributed by atoms with Gasteiger partial charge in [0.1, 0.15) is 0 Å². The highest BCUT2D eigenvalue weighted by Crippen LogP contribution is 1.99. The Labute approximate surface area is 102 Å². The van der Waals surface area contributed by atoms with Gasteiger partial charge in [0.25, 0.3) is 0 Å². The van der Waals surface area contributed by atoms with Gasteiger partial charge < -0.3 is 15.8 Å². The Morgan fingerprint density at radius 2 is 2.00 bits per heavy atom. The highest BCUT2D eigenvalue weighted by molar-refractivity contribution is 5.85. The van der Waals surface area contributed by atoms with E-state index in [1.165, 1.54) is 0 Å². The first-order valence-electron chi connectivity index (χ1n) is 4.91. The lowest BCUT2D eigenvalue weighted by Gasteiger charge is -2.05. The monoisotopic (exact) mass is 244 g/mol. The molecule has 90 valence electrons. The molecule has 0 saturated heterocycles. The summed E-state index contributed by atoms with van der Waals surface area (Å²) < 4.78 is 5.36. The third kappa shape index (κ3) is 6.40. The average molecular weight is 245 g/mol. The molecule has 0 fully saturated rings. The number of carbonyl (C=O) groups is 1. The van der Waals surface area contributed by atoms with Crippen molar-refractivity contribution >= 4 is 18.3 Å². The summed E-state index contributed by atoms with van der Waals surface area (Å²) in [5.41, 5.74) is 6.25. The van der Waals surface area contributed by atoms with Gasteiger partial charge in [-0.1, -0.05) is 30.3 Å². The van der Waals surface area contributed by atoms with Crippen LogP contribution in [-0.2, 0) is 16.1 Å². The van der Waals surface area contributed by atoms with Crippen LogP contribution in [0.25, 0.3) is 0 Å². The fourth-order valence-corrected chi connectivity index (χ4v) is 1.10. The van der Waals surface area contributed by atoms with E-state index >= 15 is 0 Å². The molecule has 3 N–H and O–H groups in total. The molecular formula is C11H17ClN2O2. The van der Waals surface area contributed by atoms with Gasteiger partial charge in [0.05, 0.1) is 19.8 Å². The van der Waals surface area contributed by atoms with Crippen LogP contribution in [-0.4, -0.2) is 25.6 Å². The highest BCUT2D eigenvalue weighted by atomic mass is 35.5. The molecule has 16 heavy (non-hydrogen) atoms. The van der Waals surface area contributed by atoms with E-state index in [2.05, 4.69) is 5.32 Å². The van der Waals surface area contributed by atoms with E-state index in [9.17, 15) is 4.79 Å². The topological polar surface area (TPSA) is 64.4 Å². The maximum Gasteiger partial charge on any atom is 0.233 e. The molecule has 0 spiro atoms. The first-order valence-corrected chi connectivity index (χ1v) is 4.91. The third-order valence-corrected chi connectivity index (χ3v) is 1.87. The van der Waals surface area contributed by atoms with Gasteiger partial charge in [0, 0.05) is 6.54 Å². The Kier molecular flexibility index (Phi) is 8.52. The summed E-state index contributed by atoms with van der Waals surface area (Å²) in [6, 6.07) is 9.89. The van der Waals surface area contributed by atoms with Crippen molar-refractivity contribution in [2.45, 2.75) is 6.61 Å². The van der Waals surface area contributed by atoms with Gasteiger partial charge in [-0.25, -0.2) is 0 Å². The molecule has 0 aliphatic carbocycles. The number of hydrogen-bond acceptors (Lipinski definition) is 3. The van der Waals surface area contributed by atoms with Crippen LogP contribution in [0, 0.1) is 0 Å². The van der Waals surface area contributed by atoms with Crippen molar-refractivity contribution in [1.82, 2.24) is 5.32 Å². The zero-order valence-corrected chi connectivity index (χ0v) is 9.83. The predicted molar refractivity (Wildman–Crippen MR) is 65.4 cm³/mol. The lowest BCUT2D eigenvalue weighted by Crippen LogP contribution is -2.32. The number of nitrogens with one attached hydrogen (secondary N) is 1. The standard InChI is InChI=1S/C11H16N2O2.ClH/c12-8-11(14)13-6-7-15-9-10-4-2-1-3-5-10;/h1-5H,6-9,12H2,(H,13,14);1H. The SMILES string of the molecule is Cl.NCC(=O)NCCOCc1ccccc1. The minimum atomic E-state index is -0.154. The maximum atomic E-state index is 10.8. The smallest absolute Gasteiger partial charge is 0.233 e. The quantitative estimate of drug-likeness (QED) is 0.724. The van der Waals surface area contributed by atoms with Crippen molar-refractivity contribution in [3.05, 3.63) is 35.9 Å². The van der Waals surface area contributed by atoms with Crippen LogP contribution in [0.15, 0.2) is 30.3 Å². The van der Waals surface area contributed by atoms with E-state index in [4.69, 9.17) is 10.5 Å². The van der Waals surface area contributed by atoms with Crippen LogP contribution in [0.1, 0.15) is 5.56 Å². The summed E-state index contributed by atoms with van der Waals surface area (Å²) in [6.45, 7) is 1.60. The van der Waals surface area contributed by atoms with Crippen molar-refractivity contribution in [1.29, 1.82) is 0 Å². The zero-order chi connectivity index (χ0) is 10.9. The summed E-state index contributed by atoms with van der Waals surface area (Å²) in [4.78, 5) is 10.8. The second-order valence-electron chi connectivity index (χ2n) is 3.09. The fraction of sp³-hybridized carbons (Fsp3) is 0.364. The third-order valence-electron chi connectivity index (χ3n) is 1.87. The van der Waals surface area contributed by atoms with E-state index in [1.54, 1.807) is 0 Å². The Balaban J connectivity index is 0.00000225. The number of nitrogens with two attached hydrogens (primary N) is 1. The highest BCUT2D eigenvalue weighted by Gasteiger charge is 1.95. The number of amides is 1. The van der Waals surface area contributed by atoms with E-state index in [-0.39, 0.29) is 24.9 Å².